The van der Waals surface area contributed by atoms with Crippen LogP contribution in [0, 0.1) is 0 Å². The molecule has 5 heteroatoms. The Morgan fingerprint density at radius 2 is 2.16 bits per heavy atom. The number of hydrogen-bond acceptors (Lipinski definition) is 3. The van der Waals surface area contributed by atoms with E-state index in [1.165, 1.54) is 0 Å². The summed E-state index contributed by atoms with van der Waals surface area (Å²) in [5, 5.41) is 2.93. The number of ether oxygens (including phenoxy) is 1. The maximum atomic E-state index is 12.1. The molecule has 1 atom stereocenters. The van der Waals surface area contributed by atoms with Crippen molar-refractivity contribution >= 4 is 21.8 Å². The van der Waals surface area contributed by atoms with Crippen molar-refractivity contribution < 1.29 is 9.53 Å². The number of rotatable bonds is 2. The average Bonchev–Trinajstić information content (AvgIpc) is 2.83. The van der Waals surface area contributed by atoms with Gasteiger partial charge in [-0.1, -0.05) is 18.2 Å². The molecule has 0 fully saturated rings. The summed E-state index contributed by atoms with van der Waals surface area (Å²) < 4.78 is 6.37. The van der Waals surface area contributed by atoms with Gasteiger partial charge in [-0.25, -0.2) is 4.98 Å². The number of nitrogens with one attached hydrogen (secondary N) is 1. The van der Waals surface area contributed by atoms with Gasteiger partial charge in [-0.3, -0.25) is 4.79 Å². The van der Waals surface area contributed by atoms with Crippen LogP contribution in [-0.2, 0) is 0 Å². The second-order valence-corrected chi connectivity index (χ2v) is 5.15. The Hall–Kier alpha value is -1.88. The molecule has 1 N–H and O–H groups in total. The first-order valence-corrected chi connectivity index (χ1v) is 6.67. The third-order valence-electron chi connectivity index (χ3n) is 2.97. The van der Waals surface area contributed by atoms with Crippen LogP contribution in [0.15, 0.2) is 47.1 Å². The molecule has 0 spiro atoms. The molecule has 19 heavy (non-hydrogen) atoms. The van der Waals surface area contributed by atoms with Crippen LogP contribution in [0.1, 0.15) is 22.1 Å². The third kappa shape index (κ3) is 2.46. The summed E-state index contributed by atoms with van der Waals surface area (Å²) in [6, 6.07) is 11.1. The predicted octanol–water partition coefficient (Wildman–Crippen LogP) is 2.71. The Balaban J connectivity index is 1.76. The van der Waals surface area contributed by atoms with Gasteiger partial charge in [-0.05, 0) is 34.1 Å². The number of benzene rings is 1. The second kappa shape index (κ2) is 5.01. The van der Waals surface area contributed by atoms with Gasteiger partial charge < -0.3 is 10.1 Å². The van der Waals surface area contributed by atoms with E-state index in [9.17, 15) is 4.79 Å². The van der Waals surface area contributed by atoms with Crippen molar-refractivity contribution in [2.75, 3.05) is 6.61 Å². The summed E-state index contributed by atoms with van der Waals surface area (Å²) in [6.07, 6.45) is 1.61. The van der Waals surface area contributed by atoms with E-state index >= 15 is 0 Å². The smallest absolute Gasteiger partial charge is 0.270 e. The fourth-order valence-corrected chi connectivity index (χ4v) is 2.26. The van der Waals surface area contributed by atoms with E-state index in [0.717, 1.165) is 15.8 Å². The number of halogens is 1. The van der Waals surface area contributed by atoms with Gasteiger partial charge in [0.25, 0.3) is 5.91 Å². The Morgan fingerprint density at radius 3 is 2.95 bits per heavy atom. The standard InChI is InChI=1S/C14H11BrN2O2/c15-9-5-6-11(16-7-9)14(18)17-12-8-19-13-4-2-1-3-10(12)13/h1-7,12H,8H2,(H,17,18). The lowest BCUT2D eigenvalue weighted by molar-refractivity contribution is 0.0925. The summed E-state index contributed by atoms with van der Waals surface area (Å²) in [6.45, 7) is 0.460. The highest BCUT2D eigenvalue weighted by Crippen LogP contribution is 2.31. The molecule has 0 radical (unpaired) electrons. The molecule has 1 aliphatic rings. The summed E-state index contributed by atoms with van der Waals surface area (Å²) in [5.41, 5.74) is 1.40. The number of aromatic nitrogens is 1. The molecule has 2 aromatic rings. The zero-order valence-corrected chi connectivity index (χ0v) is 11.6. The summed E-state index contributed by atoms with van der Waals surface area (Å²) in [5.74, 6) is 0.634. The molecule has 3 rings (SSSR count). The van der Waals surface area contributed by atoms with Crippen molar-refractivity contribution in [3.8, 4) is 5.75 Å². The third-order valence-corrected chi connectivity index (χ3v) is 3.43. The van der Waals surface area contributed by atoms with Gasteiger partial charge >= 0.3 is 0 Å². The van der Waals surface area contributed by atoms with Crippen LogP contribution >= 0.6 is 15.9 Å². The van der Waals surface area contributed by atoms with Crippen molar-refractivity contribution in [1.29, 1.82) is 0 Å². The highest BCUT2D eigenvalue weighted by atomic mass is 79.9. The Bertz CT molecular complexity index is 613. The van der Waals surface area contributed by atoms with Crippen LogP contribution < -0.4 is 10.1 Å². The zero-order chi connectivity index (χ0) is 13.2. The molecule has 0 aliphatic carbocycles. The van der Waals surface area contributed by atoms with Gasteiger partial charge in [0, 0.05) is 16.2 Å². The van der Waals surface area contributed by atoms with Gasteiger partial charge in [0.1, 0.15) is 18.1 Å². The van der Waals surface area contributed by atoms with Crippen LogP contribution in [0.3, 0.4) is 0 Å². The first-order valence-electron chi connectivity index (χ1n) is 5.88. The average molecular weight is 319 g/mol. The lowest BCUT2D eigenvalue weighted by atomic mass is 10.1. The number of amides is 1. The first-order chi connectivity index (χ1) is 9.24. The molecule has 0 bridgehead atoms. The Morgan fingerprint density at radius 1 is 1.32 bits per heavy atom. The maximum Gasteiger partial charge on any atom is 0.270 e. The fourth-order valence-electron chi connectivity index (χ4n) is 2.02. The molecule has 0 saturated carbocycles. The van der Waals surface area contributed by atoms with Gasteiger partial charge in [0.2, 0.25) is 0 Å². The Kier molecular flexibility index (Phi) is 3.21. The van der Waals surface area contributed by atoms with E-state index in [1.54, 1.807) is 18.3 Å². The molecule has 2 heterocycles. The quantitative estimate of drug-likeness (QED) is 0.926. The SMILES string of the molecule is O=C(NC1COc2ccccc21)c1ccc(Br)cn1. The van der Waals surface area contributed by atoms with Gasteiger partial charge in [-0.2, -0.15) is 0 Å². The van der Waals surface area contributed by atoms with Crippen LogP contribution in [-0.4, -0.2) is 17.5 Å². The maximum absolute atomic E-state index is 12.1. The van der Waals surface area contributed by atoms with Crippen LogP contribution in [0.5, 0.6) is 5.75 Å². The second-order valence-electron chi connectivity index (χ2n) is 4.24. The van der Waals surface area contributed by atoms with E-state index in [1.807, 2.05) is 24.3 Å². The number of fused-ring (bicyclic) bond motifs is 1. The van der Waals surface area contributed by atoms with E-state index in [-0.39, 0.29) is 11.9 Å². The van der Waals surface area contributed by atoms with Crippen LogP contribution in [0.4, 0.5) is 0 Å². The van der Waals surface area contributed by atoms with E-state index in [0.29, 0.717) is 12.3 Å². The molecule has 4 nitrogen and oxygen atoms in total. The van der Waals surface area contributed by atoms with Gasteiger partial charge in [0.05, 0.1) is 6.04 Å². The molecule has 96 valence electrons. The molecular weight excluding hydrogens is 308 g/mol. The number of carbonyl (C=O) groups excluding carboxylic acids is 1. The Labute approximate surface area is 118 Å². The number of hydrogen-bond donors (Lipinski definition) is 1. The molecule has 1 unspecified atom stereocenters. The van der Waals surface area contributed by atoms with Crippen molar-refractivity contribution in [3.63, 3.8) is 0 Å². The highest BCUT2D eigenvalue weighted by Gasteiger charge is 2.25. The first kappa shape index (κ1) is 12.2. The van der Waals surface area contributed by atoms with Gasteiger partial charge in [0.15, 0.2) is 0 Å². The van der Waals surface area contributed by atoms with E-state index < -0.39 is 0 Å². The lowest BCUT2D eigenvalue weighted by Crippen LogP contribution is -2.30. The number of carbonyl (C=O) groups is 1. The van der Waals surface area contributed by atoms with Crippen molar-refractivity contribution in [2.45, 2.75) is 6.04 Å². The van der Waals surface area contributed by atoms with Crippen LogP contribution in [0.2, 0.25) is 0 Å². The van der Waals surface area contributed by atoms with E-state index in [4.69, 9.17) is 4.74 Å². The summed E-state index contributed by atoms with van der Waals surface area (Å²) in [4.78, 5) is 16.2. The summed E-state index contributed by atoms with van der Waals surface area (Å²) >= 11 is 3.29. The normalized spacial score (nSPS) is 16.6. The molecule has 1 aromatic carbocycles. The number of para-hydroxylation sites is 1. The van der Waals surface area contributed by atoms with Crippen molar-refractivity contribution in [1.82, 2.24) is 10.3 Å². The topological polar surface area (TPSA) is 51.2 Å². The largest absolute Gasteiger partial charge is 0.491 e. The number of nitrogens with zero attached hydrogens (tertiary/aromatic N) is 1. The highest BCUT2D eigenvalue weighted by molar-refractivity contribution is 9.10. The minimum atomic E-state index is -0.196. The monoisotopic (exact) mass is 318 g/mol. The van der Waals surface area contributed by atoms with Crippen LogP contribution in [0.25, 0.3) is 0 Å². The molecule has 1 aliphatic heterocycles. The van der Waals surface area contributed by atoms with Crippen molar-refractivity contribution in [3.05, 3.63) is 58.3 Å². The number of pyridine rings is 1. The molecule has 1 aromatic heterocycles. The fraction of sp³-hybridized carbons (Fsp3) is 0.143. The lowest BCUT2D eigenvalue weighted by Gasteiger charge is -2.11. The van der Waals surface area contributed by atoms with Gasteiger partial charge in [-0.15, -0.1) is 0 Å². The zero-order valence-electron chi connectivity index (χ0n) is 9.97. The molecular formula is C14H11BrN2O2. The minimum absolute atomic E-state index is 0.117. The summed E-state index contributed by atoms with van der Waals surface area (Å²) in [7, 11) is 0. The van der Waals surface area contributed by atoms with Crippen molar-refractivity contribution in [2.24, 2.45) is 0 Å². The molecule has 0 saturated heterocycles. The van der Waals surface area contributed by atoms with E-state index in [2.05, 4.69) is 26.2 Å². The minimum Gasteiger partial charge on any atom is -0.491 e. The predicted molar refractivity (Wildman–Crippen MR) is 74.1 cm³/mol. The molecule has 1 amide bonds.